The lowest BCUT2D eigenvalue weighted by atomic mass is 10.2. The number of amides is 1. The Morgan fingerprint density at radius 3 is 2.54 bits per heavy atom. The molecule has 3 aromatic rings. The van der Waals surface area contributed by atoms with Crippen LogP contribution in [0.3, 0.4) is 0 Å². The van der Waals surface area contributed by atoms with Crippen molar-refractivity contribution in [3.63, 3.8) is 0 Å². The van der Waals surface area contributed by atoms with Crippen LogP contribution in [-0.2, 0) is 22.3 Å². The number of para-hydroxylation sites is 1. The Morgan fingerprint density at radius 1 is 1.07 bits per heavy atom. The Kier molecular flexibility index (Phi) is 4.87. The van der Waals surface area contributed by atoms with Gasteiger partial charge in [-0.05, 0) is 36.4 Å². The molecule has 0 bridgehead atoms. The molecule has 0 spiro atoms. The number of hydrogen-bond acceptors (Lipinski definition) is 5. The van der Waals surface area contributed by atoms with Gasteiger partial charge < -0.3 is 14.8 Å². The van der Waals surface area contributed by atoms with E-state index in [0.717, 1.165) is 22.7 Å². The molecular weight excluding hydrogens is 378 g/mol. The van der Waals surface area contributed by atoms with Crippen LogP contribution in [0, 0.1) is 0 Å². The van der Waals surface area contributed by atoms with E-state index in [1.807, 2.05) is 24.3 Å². The van der Waals surface area contributed by atoms with Crippen molar-refractivity contribution in [2.45, 2.75) is 11.5 Å². The number of hydrogen-bond donors (Lipinski definition) is 1. The molecule has 8 heteroatoms. The average Bonchev–Trinajstić information content (AvgIpc) is 3.24. The fourth-order valence-corrected chi connectivity index (χ4v) is 4.44. The Hall–Kier alpha value is -3.13. The first-order valence-corrected chi connectivity index (χ1v) is 10.1. The second kappa shape index (κ2) is 7.47. The van der Waals surface area contributed by atoms with E-state index < -0.39 is 10.8 Å². The van der Waals surface area contributed by atoms with Gasteiger partial charge in [0.1, 0.15) is 17.3 Å². The van der Waals surface area contributed by atoms with E-state index in [0.29, 0.717) is 28.6 Å². The summed E-state index contributed by atoms with van der Waals surface area (Å²) in [6, 6.07) is 14.4. The summed E-state index contributed by atoms with van der Waals surface area (Å²) < 4.78 is 24.2. The number of nitrogens with zero attached hydrogens (tertiary/aromatic N) is 2. The molecular formula is C20H19N3O4S. The lowest BCUT2D eigenvalue weighted by molar-refractivity contribution is 0.102. The summed E-state index contributed by atoms with van der Waals surface area (Å²) in [5, 5.41) is 7.54. The molecule has 4 rings (SSSR count). The van der Waals surface area contributed by atoms with Crippen molar-refractivity contribution in [3.05, 3.63) is 65.4 Å². The van der Waals surface area contributed by atoms with Gasteiger partial charge in [-0.3, -0.25) is 9.00 Å². The molecule has 2 aromatic carbocycles. The molecule has 1 N–H and O–H groups in total. The molecule has 0 saturated carbocycles. The van der Waals surface area contributed by atoms with Gasteiger partial charge in [-0.2, -0.15) is 5.10 Å². The van der Waals surface area contributed by atoms with Crippen molar-refractivity contribution in [1.82, 2.24) is 9.78 Å². The predicted octanol–water partition coefficient (Wildman–Crippen LogP) is 2.90. The fraction of sp³-hybridized carbons (Fsp3) is 0.200. The summed E-state index contributed by atoms with van der Waals surface area (Å²) in [6.07, 6.45) is 0. The normalized spacial score (nSPS) is 15.1. The summed E-state index contributed by atoms with van der Waals surface area (Å²) in [4.78, 5) is 12.9. The van der Waals surface area contributed by atoms with Gasteiger partial charge in [0.15, 0.2) is 0 Å². The van der Waals surface area contributed by atoms with E-state index in [1.165, 1.54) is 7.11 Å². The van der Waals surface area contributed by atoms with Gasteiger partial charge in [0.2, 0.25) is 0 Å². The lowest BCUT2D eigenvalue weighted by Crippen LogP contribution is -2.17. The zero-order valence-corrected chi connectivity index (χ0v) is 16.3. The monoisotopic (exact) mass is 397 g/mol. The molecule has 1 atom stereocenters. The van der Waals surface area contributed by atoms with Crippen LogP contribution >= 0.6 is 0 Å². The quantitative estimate of drug-likeness (QED) is 0.716. The molecule has 1 amide bonds. The van der Waals surface area contributed by atoms with E-state index in [9.17, 15) is 9.00 Å². The van der Waals surface area contributed by atoms with Gasteiger partial charge in [-0.1, -0.05) is 12.1 Å². The van der Waals surface area contributed by atoms with Crippen LogP contribution in [0.2, 0.25) is 0 Å². The Bertz CT molecular complexity index is 1060. The van der Waals surface area contributed by atoms with Crippen LogP contribution in [0.5, 0.6) is 11.5 Å². The van der Waals surface area contributed by atoms with Crippen molar-refractivity contribution in [2.24, 2.45) is 0 Å². The second-order valence-electron chi connectivity index (χ2n) is 6.27. The molecule has 0 saturated heterocycles. The van der Waals surface area contributed by atoms with Crippen LogP contribution in [0.1, 0.15) is 21.6 Å². The van der Waals surface area contributed by atoms with E-state index in [-0.39, 0.29) is 5.91 Å². The van der Waals surface area contributed by atoms with Gasteiger partial charge in [0.05, 0.1) is 42.7 Å². The molecule has 28 heavy (non-hydrogen) atoms. The maximum Gasteiger partial charge on any atom is 0.260 e. The third-order valence-corrected chi connectivity index (χ3v) is 5.78. The minimum Gasteiger partial charge on any atom is -0.497 e. The van der Waals surface area contributed by atoms with Crippen molar-refractivity contribution in [2.75, 3.05) is 19.5 Å². The fourth-order valence-electron chi connectivity index (χ4n) is 3.17. The third kappa shape index (κ3) is 3.27. The Balaban J connectivity index is 1.74. The van der Waals surface area contributed by atoms with Gasteiger partial charge in [-0.25, -0.2) is 4.68 Å². The molecule has 7 nitrogen and oxygen atoms in total. The molecule has 0 fully saturated rings. The van der Waals surface area contributed by atoms with Crippen molar-refractivity contribution in [1.29, 1.82) is 0 Å². The average molecular weight is 397 g/mol. The zero-order chi connectivity index (χ0) is 19.7. The summed E-state index contributed by atoms with van der Waals surface area (Å²) in [7, 11) is 2.12. The van der Waals surface area contributed by atoms with Gasteiger partial charge in [0.25, 0.3) is 5.91 Å². The zero-order valence-electron chi connectivity index (χ0n) is 15.5. The van der Waals surface area contributed by atoms with Crippen molar-refractivity contribution >= 4 is 22.5 Å². The van der Waals surface area contributed by atoms with E-state index in [1.54, 1.807) is 36.1 Å². The maximum absolute atomic E-state index is 12.9. The highest BCUT2D eigenvalue weighted by Gasteiger charge is 2.29. The number of rotatable bonds is 5. The Morgan fingerprint density at radius 2 is 1.82 bits per heavy atom. The largest absolute Gasteiger partial charge is 0.497 e. The number of methoxy groups -OCH3 is 2. The number of anilines is 1. The van der Waals surface area contributed by atoms with Crippen LogP contribution in [-0.4, -0.2) is 34.1 Å². The van der Waals surface area contributed by atoms with Crippen LogP contribution in [0.25, 0.3) is 5.69 Å². The third-order valence-electron chi connectivity index (χ3n) is 4.57. The number of benzene rings is 2. The van der Waals surface area contributed by atoms with E-state index >= 15 is 0 Å². The number of carbonyl (C=O) groups excluding carboxylic acids is 1. The number of carbonyl (C=O) groups is 1. The molecule has 0 aliphatic carbocycles. The molecule has 1 aromatic heterocycles. The Labute approximate surface area is 164 Å². The minimum atomic E-state index is -1.01. The summed E-state index contributed by atoms with van der Waals surface area (Å²) >= 11 is 0. The topological polar surface area (TPSA) is 82.4 Å². The number of ether oxygens (including phenoxy) is 2. The maximum atomic E-state index is 12.9. The number of aromatic nitrogens is 2. The van der Waals surface area contributed by atoms with E-state index in [2.05, 4.69) is 10.4 Å². The van der Waals surface area contributed by atoms with Crippen LogP contribution < -0.4 is 14.8 Å². The number of fused-ring (bicyclic) bond motifs is 1. The van der Waals surface area contributed by atoms with Crippen molar-refractivity contribution in [3.8, 4) is 17.2 Å². The van der Waals surface area contributed by atoms with Crippen LogP contribution in [0.4, 0.5) is 5.82 Å². The van der Waals surface area contributed by atoms with Gasteiger partial charge in [0, 0.05) is 16.4 Å². The molecule has 144 valence electrons. The molecule has 0 radical (unpaired) electrons. The first kappa shape index (κ1) is 18.2. The highest BCUT2D eigenvalue weighted by Crippen LogP contribution is 2.32. The SMILES string of the molecule is COc1ccc(-n2nc3c(c2NC(=O)c2ccccc2OC)C[S@@](=O)C3)cc1. The molecule has 2 heterocycles. The first-order valence-electron chi connectivity index (χ1n) is 8.65. The smallest absolute Gasteiger partial charge is 0.260 e. The standard InChI is InChI=1S/C20H19N3O4S/c1-26-14-9-7-13(8-10-14)23-19(16-11-28(25)12-17(16)22-23)21-20(24)15-5-3-4-6-18(15)27-2/h3-10H,11-12H2,1-2H3,(H,21,24)/t28-/m1/s1. The summed E-state index contributed by atoms with van der Waals surface area (Å²) in [6.45, 7) is 0. The van der Waals surface area contributed by atoms with Crippen molar-refractivity contribution < 1.29 is 18.5 Å². The van der Waals surface area contributed by atoms with Gasteiger partial charge >= 0.3 is 0 Å². The predicted molar refractivity (Wildman–Crippen MR) is 107 cm³/mol. The summed E-state index contributed by atoms with van der Waals surface area (Å²) in [5.41, 5.74) is 2.73. The highest BCUT2D eigenvalue weighted by molar-refractivity contribution is 7.83. The number of nitrogens with one attached hydrogen (secondary N) is 1. The van der Waals surface area contributed by atoms with Gasteiger partial charge in [-0.15, -0.1) is 0 Å². The summed E-state index contributed by atoms with van der Waals surface area (Å²) in [5.74, 6) is 2.18. The highest BCUT2D eigenvalue weighted by atomic mass is 32.2. The minimum absolute atomic E-state index is 0.312. The van der Waals surface area contributed by atoms with Crippen LogP contribution in [0.15, 0.2) is 48.5 Å². The lowest BCUT2D eigenvalue weighted by Gasteiger charge is -2.13. The molecule has 0 unspecified atom stereocenters. The second-order valence-corrected chi connectivity index (χ2v) is 7.72. The molecule has 1 aliphatic rings. The van der Waals surface area contributed by atoms with E-state index in [4.69, 9.17) is 9.47 Å². The molecule has 1 aliphatic heterocycles. The first-order chi connectivity index (χ1) is 13.6.